The first-order valence-corrected chi connectivity index (χ1v) is 8.67. The molecule has 1 N–H and O–H groups in total. The monoisotopic (exact) mass is 282 g/mol. The van der Waals surface area contributed by atoms with Gasteiger partial charge in [0.25, 0.3) is 0 Å². The van der Waals surface area contributed by atoms with Crippen molar-refractivity contribution in [2.24, 2.45) is 17.3 Å². The van der Waals surface area contributed by atoms with Crippen LogP contribution in [0.4, 0.5) is 0 Å². The Balaban J connectivity index is 2.36. The first-order valence-electron chi connectivity index (χ1n) is 8.67. The number of rotatable bonds is 7. The second-order valence-electron chi connectivity index (χ2n) is 8.07. The molecule has 1 saturated carbocycles. The van der Waals surface area contributed by atoms with E-state index in [1.165, 1.54) is 32.1 Å². The lowest BCUT2D eigenvalue weighted by Crippen LogP contribution is -2.46. The van der Waals surface area contributed by atoms with Gasteiger partial charge < -0.3 is 10.2 Å². The number of likely N-dealkylation sites (N-methyl/N-ethyl adjacent to an activating group) is 1. The summed E-state index contributed by atoms with van der Waals surface area (Å²) in [4.78, 5) is 2.36. The first kappa shape index (κ1) is 18.0. The summed E-state index contributed by atoms with van der Waals surface area (Å²) in [6.45, 7) is 13.0. The minimum Gasteiger partial charge on any atom is -0.312 e. The van der Waals surface area contributed by atoms with Crippen LogP contribution in [0.2, 0.25) is 0 Å². The third kappa shape index (κ3) is 5.04. The van der Waals surface area contributed by atoms with Gasteiger partial charge in [-0.25, -0.2) is 0 Å². The Labute approximate surface area is 127 Å². The Morgan fingerprint density at radius 1 is 1.10 bits per heavy atom. The summed E-state index contributed by atoms with van der Waals surface area (Å²) in [6, 6.07) is 1.40. The van der Waals surface area contributed by atoms with Crippen molar-refractivity contribution in [3.05, 3.63) is 0 Å². The molecule has 0 radical (unpaired) electrons. The molecule has 0 aromatic carbocycles. The molecule has 1 fully saturated rings. The van der Waals surface area contributed by atoms with Crippen molar-refractivity contribution >= 4 is 0 Å². The Hall–Kier alpha value is -0.0800. The third-order valence-electron chi connectivity index (χ3n) is 5.79. The molecule has 1 aliphatic carbocycles. The molecule has 0 heterocycles. The van der Waals surface area contributed by atoms with Crippen LogP contribution in [0.25, 0.3) is 0 Å². The van der Waals surface area contributed by atoms with E-state index in [-0.39, 0.29) is 0 Å². The molecule has 1 rings (SSSR count). The molecule has 0 spiro atoms. The lowest BCUT2D eigenvalue weighted by Gasteiger charge is -2.40. The van der Waals surface area contributed by atoms with E-state index in [1.54, 1.807) is 0 Å². The number of nitrogens with zero attached hydrogens (tertiary/aromatic N) is 1. The lowest BCUT2D eigenvalue weighted by molar-refractivity contribution is 0.132. The molecule has 1 unspecified atom stereocenters. The maximum absolute atomic E-state index is 3.83. The highest BCUT2D eigenvalue weighted by Crippen LogP contribution is 2.40. The highest BCUT2D eigenvalue weighted by Gasteiger charge is 2.31. The maximum atomic E-state index is 3.83. The average molecular weight is 283 g/mol. The summed E-state index contributed by atoms with van der Waals surface area (Å²) in [6.07, 6.45) is 6.87. The van der Waals surface area contributed by atoms with E-state index < -0.39 is 0 Å². The van der Waals surface area contributed by atoms with E-state index in [4.69, 9.17) is 0 Å². The Morgan fingerprint density at radius 3 is 2.05 bits per heavy atom. The van der Waals surface area contributed by atoms with Gasteiger partial charge in [-0.15, -0.1) is 0 Å². The minimum atomic E-state index is 0.537. The van der Waals surface area contributed by atoms with Crippen LogP contribution >= 0.6 is 0 Å². The van der Waals surface area contributed by atoms with Crippen LogP contribution in [-0.4, -0.2) is 37.6 Å². The smallest absolute Gasteiger partial charge is 0.0237 e. The second kappa shape index (κ2) is 7.79. The van der Waals surface area contributed by atoms with Crippen LogP contribution in [0.3, 0.4) is 0 Å². The summed E-state index contributed by atoms with van der Waals surface area (Å²) in [5, 5.41) is 3.83. The molecule has 0 amide bonds. The Morgan fingerprint density at radius 2 is 1.65 bits per heavy atom. The molecule has 1 aliphatic rings. The van der Waals surface area contributed by atoms with Crippen LogP contribution in [0.5, 0.6) is 0 Å². The van der Waals surface area contributed by atoms with Gasteiger partial charge in [0.2, 0.25) is 0 Å². The normalized spacial score (nSPS) is 26.2. The minimum absolute atomic E-state index is 0.537. The second-order valence-corrected chi connectivity index (χ2v) is 8.07. The van der Waals surface area contributed by atoms with Crippen LogP contribution in [0.15, 0.2) is 0 Å². The number of nitrogens with one attached hydrogen (secondary N) is 1. The van der Waals surface area contributed by atoms with E-state index in [2.05, 4.69) is 58.9 Å². The lowest BCUT2D eigenvalue weighted by atomic mass is 9.69. The van der Waals surface area contributed by atoms with Crippen molar-refractivity contribution in [2.45, 2.75) is 78.8 Å². The zero-order valence-corrected chi connectivity index (χ0v) is 15.0. The van der Waals surface area contributed by atoms with Crippen LogP contribution in [-0.2, 0) is 0 Å². The predicted octanol–water partition coefficient (Wildman–Crippen LogP) is 4.16. The summed E-state index contributed by atoms with van der Waals surface area (Å²) in [5.41, 5.74) is 0.537. The van der Waals surface area contributed by atoms with Gasteiger partial charge in [-0.2, -0.15) is 0 Å². The molecule has 2 nitrogen and oxygen atoms in total. The van der Waals surface area contributed by atoms with Crippen molar-refractivity contribution in [2.75, 3.05) is 20.6 Å². The quantitative estimate of drug-likeness (QED) is 0.754. The number of hydrogen-bond acceptors (Lipinski definition) is 2. The van der Waals surface area contributed by atoms with Crippen LogP contribution in [0.1, 0.15) is 66.7 Å². The van der Waals surface area contributed by atoms with Gasteiger partial charge in [0.05, 0.1) is 0 Å². The van der Waals surface area contributed by atoms with E-state index in [1.807, 2.05) is 0 Å². The molecule has 120 valence electrons. The SMILES string of the molecule is CCC(C)(C)C1CCC(NCC(C(C)C)N(C)C)CC1. The summed E-state index contributed by atoms with van der Waals surface area (Å²) in [7, 11) is 4.40. The molecule has 0 aliphatic heterocycles. The fraction of sp³-hybridized carbons (Fsp3) is 1.00. The summed E-state index contributed by atoms with van der Waals surface area (Å²) >= 11 is 0. The maximum Gasteiger partial charge on any atom is 0.0237 e. The van der Waals surface area contributed by atoms with Gasteiger partial charge in [-0.3, -0.25) is 0 Å². The average Bonchev–Trinajstić information content (AvgIpc) is 2.38. The molecule has 0 aromatic rings. The molecular weight excluding hydrogens is 244 g/mol. The Bertz CT molecular complexity index is 255. The van der Waals surface area contributed by atoms with Gasteiger partial charge >= 0.3 is 0 Å². The van der Waals surface area contributed by atoms with E-state index in [0.29, 0.717) is 17.4 Å². The van der Waals surface area contributed by atoms with Crippen LogP contribution < -0.4 is 5.32 Å². The van der Waals surface area contributed by atoms with Gasteiger partial charge in [0.1, 0.15) is 0 Å². The molecular formula is C18H38N2. The van der Waals surface area contributed by atoms with E-state index in [9.17, 15) is 0 Å². The predicted molar refractivity (Wildman–Crippen MR) is 90.1 cm³/mol. The molecule has 0 saturated heterocycles. The van der Waals surface area contributed by atoms with Crippen molar-refractivity contribution in [3.8, 4) is 0 Å². The van der Waals surface area contributed by atoms with Crippen molar-refractivity contribution in [3.63, 3.8) is 0 Å². The molecule has 0 aromatic heterocycles. The highest BCUT2D eigenvalue weighted by atomic mass is 15.1. The highest BCUT2D eigenvalue weighted by molar-refractivity contribution is 4.86. The van der Waals surface area contributed by atoms with E-state index in [0.717, 1.165) is 18.5 Å². The summed E-state index contributed by atoms with van der Waals surface area (Å²) in [5.74, 6) is 1.65. The zero-order chi connectivity index (χ0) is 15.3. The topological polar surface area (TPSA) is 15.3 Å². The molecule has 1 atom stereocenters. The van der Waals surface area contributed by atoms with Crippen LogP contribution in [0, 0.1) is 17.3 Å². The molecule has 0 bridgehead atoms. The van der Waals surface area contributed by atoms with Gasteiger partial charge in [0, 0.05) is 18.6 Å². The third-order valence-corrected chi connectivity index (χ3v) is 5.79. The fourth-order valence-corrected chi connectivity index (χ4v) is 3.67. The Kier molecular flexibility index (Phi) is 7.00. The van der Waals surface area contributed by atoms with Gasteiger partial charge in [-0.05, 0) is 57.0 Å². The summed E-state index contributed by atoms with van der Waals surface area (Å²) < 4.78 is 0. The van der Waals surface area contributed by atoms with Crippen molar-refractivity contribution in [1.29, 1.82) is 0 Å². The van der Waals surface area contributed by atoms with Gasteiger partial charge in [-0.1, -0.05) is 41.0 Å². The van der Waals surface area contributed by atoms with Crippen molar-refractivity contribution < 1.29 is 0 Å². The van der Waals surface area contributed by atoms with Crippen molar-refractivity contribution in [1.82, 2.24) is 10.2 Å². The number of hydrogen-bond donors (Lipinski definition) is 1. The molecule has 20 heavy (non-hydrogen) atoms. The molecule has 2 heteroatoms. The zero-order valence-electron chi connectivity index (χ0n) is 15.0. The standard InChI is InChI=1S/C18H38N2/c1-8-18(4,5)15-9-11-16(12-10-15)19-13-17(14(2)3)20(6)7/h14-17,19H,8-13H2,1-7H3. The van der Waals surface area contributed by atoms with Gasteiger partial charge in [0.15, 0.2) is 0 Å². The van der Waals surface area contributed by atoms with E-state index >= 15 is 0 Å². The largest absolute Gasteiger partial charge is 0.312 e. The first-order chi connectivity index (χ1) is 9.27. The fourth-order valence-electron chi connectivity index (χ4n) is 3.67.